The van der Waals surface area contributed by atoms with E-state index in [4.69, 9.17) is 4.74 Å². The number of esters is 1. The van der Waals surface area contributed by atoms with Crippen LogP contribution >= 0.6 is 0 Å². The molecule has 21 heavy (non-hydrogen) atoms. The maximum atomic E-state index is 11.5. The normalized spacial score (nSPS) is 10.5. The number of benzene rings is 2. The lowest BCUT2D eigenvalue weighted by Gasteiger charge is -2.06. The molecule has 2 aromatic carbocycles. The summed E-state index contributed by atoms with van der Waals surface area (Å²) in [6.45, 7) is 0. The van der Waals surface area contributed by atoms with Crippen molar-refractivity contribution in [1.82, 2.24) is 4.98 Å². The van der Waals surface area contributed by atoms with Crippen LogP contribution in [0.25, 0.3) is 10.8 Å². The van der Waals surface area contributed by atoms with E-state index < -0.39 is 0 Å². The first-order chi connectivity index (χ1) is 10.3. The number of carbonyl (C=O) groups excluding carboxylic acids is 1. The van der Waals surface area contributed by atoms with Gasteiger partial charge >= 0.3 is 5.97 Å². The molecule has 3 nitrogen and oxygen atoms in total. The van der Waals surface area contributed by atoms with Crippen LogP contribution < -0.4 is 0 Å². The second-order valence-electron chi connectivity index (χ2n) is 4.93. The lowest BCUT2D eigenvalue weighted by Crippen LogP contribution is -2.00. The summed E-state index contributed by atoms with van der Waals surface area (Å²) in [5, 5.41) is 2.15. The highest BCUT2D eigenvalue weighted by atomic mass is 16.5. The summed E-state index contributed by atoms with van der Waals surface area (Å²) < 4.78 is 4.74. The van der Waals surface area contributed by atoms with Crippen molar-refractivity contribution < 1.29 is 9.53 Å². The van der Waals surface area contributed by atoms with E-state index in [2.05, 4.69) is 23.2 Å². The van der Waals surface area contributed by atoms with Crippen LogP contribution in [0.2, 0.25) is 0 Å². The Balaban J connectivity index is 1.92. The van der Waals surface area contributed by atoms with Gasteiger partial charge in [-0.3, -0.25) is 4.98 Å². The van der Waals surface area contributed by atoms with Crippen molar-refractivity contribution in [3.63, 3.8) is 0 Å². The van der Waals surface area contributed by atoms with Crippen LogP contribution in [0, 0.1) is 0 Å². The summed E-state index contributed by atoms with van der Waals surface area (Å²) in [4.78, 5) is 15.7. The third-order valence-electron chi connectivity index (χ3n) is 3.46. The number of aromatic nitrogens is 1. The Bertz CT molecular complexity index is 782. The average Bonchev–Trinajstić information content (AvgIpc) is 2.54. The van der Waals surface area contributed by atoms with E-state index in [1.54, 1.807) is 12.3 Å². The van der Waals surface area contributed by atoms with Gasteiger partial charge in [0.05, 0.1) is 12.7 Å². The Labute approximate surface area is 123 Å². The van der Waals surface area contributed by atoms with E-state index in [-0.39, 0.29) is 5.97 Å². The van der Waals surface area contributed by atoms with Gasteiger partial charge in [0.2, 0.25) is 0 Å². The minimum Gasteiger partial charge on any atom is -0.465 e. The summed E-state index contributed by atoms with van der Waals surface area (Å²) in [6.07, 6.45) is 4.51. The van der Waals surface area contributed by atoms with Gasteiger partial charge in [0.15, 0.2) is 0 Å². The first kappa shape index (κ1) is 13.3. The molecule has 0 saturated heterocycles. The maximum absolute atomic E-state index is 11.5. The Morgan fingerprint density at radius 2 is 1.86 bits per heavy atom. The van der Waals surface area contributed by atoms with Crippen molar-refractivity contribution in [2.24, 2.45) is 0 Å². The minimum atomic E-state index is -0.309. The van der Waals surface area contributed by atoms with Gasteiger partial charge < -0.3 is 4.74 Å². The van der Waals surface area contributed by atoms with Gasteiger partial charge in [0.25, 0.3) is 0 Å². The Hall–Kier alpha value is -2.68. The molecule has 1 heterocycles. The third-order valence-corrected chi connectivity index (χ3v) is 3.46. The molecule has 0 aliphatic heterocycles. The van der Waals surface area contributed by atoms with Crippen molar-refractivity contribution in [2.45, 2.75) is 6.42 Å². The van der Waals surface area contributed by atoms with Crippen LogP contribution in [0.4, 0.5) is 0 Å². The topological polar surface area (TPSA) is 39.2 Å². The van der Waals surface area contributed by atoms with Crippen LogP contribution in [-0.4, -0.2) is 18.1 Å². The molecule has 0 aliphatic carbocycles. The molecule has 0 bridgehead atoms. The van der Waals surface area contributed by atoms with E-state index in [1.165, 1.54) is 18.2 Å². The molecule has 3 aromatic rings. The molecular formula is C18H15NO2. The van der Waals surface area contributed by atoms with Gasteiger partial charge in [0, 0.05) is 12.4 Å². The molecule has 0 spiro atoms. The summed E-state index contributed by atoms with van der Waals surface area (Å²) >= 11 is 0. The molecule has 0 saturated carbocycles. The Morgan fingerprint density at radius 1 is 1.05 bits per heavy atom. The fourth-order valence-electron chi connectivity index (χ4n) is 2.39. The van der Waals surface area contributed by atoms with Crippen molar-refractivity contribution in [3.05, 3.63) is 77.6 Å². The van der Waals surface area contributed by atoms with E-state index in [1.807, 2.05) is 30.5 Å². The second-order valence-corrected chi connectivity index (χ2v) is 4.93. The van der Waals surface area contributed by atoms with Gasteiger partial charge in [-0.25, -0.2) is 4.79 Å². The molecule has 1 aromatic heterocycles. The summed E-state index contributed by atoms with van der Waals surface area (Å²) in [7, 11) is 1.39. The zero-order valence-electron chi connectivity index (χ0n) is 11.7. The highest BCUT2D eigenvalue weighted by Gasteiger charge is 2.06. The first-order valence-corrected chi connectivity index (χ1v) is 6.76. The highest BCUT2D eigenvalue weighted by Crippen LogP contribution is 2.20. The molecule has 3 heteroatoms. The van der Waals surface area contributed by atoms with Gasteiger partial charge in [-0.1, -0.05) is 30.3 Å². The van der Waals surface area contributed by atoms with Crippen LogP contribution in [0.15, 0.2) is 60.9 Å². The number of ether oxygens (including phenoxy) is 1. The molecule has 0 unspecified atom stereocenters. The fraction of sp³-hybridized carbons (Fsp3) is 0.111. The standard InChI is InChI=1S/C18H15NO2/c1-21-18(20)17-7-6-15-10-13(4-5-16(15)11-17)9-14-3-2-8-19-12-14/h2-8,10-12H,9H2,1H3. The van der Waals surface area contributed by atoms with E-state index in [9.17, 15) is 4.79 Å². The molecule has 104 valence electrons. The Kier molecular flexibility index (Phi) is 3.65. The fourth-order valence-corrected chi connectivity index (χ4v) is 2.39. The van der Waals surface area contributed by atoms with Crippen molar-refractivity contribution >= 4 is 16.7 Å². The first-order valence-electron chi connectivity index (χ1n) is 6.76. The number of nitrogens with zero attached hydrogens (tertiary/aromatic N) is 1. The molecule has 0 aliphatic rings. The second kappa shape index (κ2) is 5.75. The monoisotopic (exact) mass is 277 g/mol. The largest absolute Gasteiger partial charge is 0.465 e. The number of pyridine rings is 1. The summed E-state index contributed by atoms with van der Waals surface area (Å²) in [5.41, 5.74) is 2.98. The molecule has 0 radical (unpaired) electrons. The Morgan fingerprint density at radius 3 is 2.62 bits per heavy atom. The van der Waals surface area contributed by atoms with Gasteiger partial charge in [0.1, 0.15) is 0 Å². The van der Waals surface area contributed by atoms with E-state index in [0.717, 1.165) is 17.2 Å². The van der Waals surface area contributed by atoms with Gasteiger partial charge in [-0.05, 0) is 46.5 Å². The highest BCUT2D eigenvalue weighted by molar-refractivity contribution is 5.95. The van der Waals surface area contributed by atoms with E-state index in [0.29, 0.717) is 5.56 Å². The van der Waals surface area contributed by atoms with Gasteiger partial charge in [-0.15, -0.1) is 0 Å². The third kappa shape index (κ3) is 2.92. The number of fused-ring (bicyclic) bond motifs is 1. The van der Waals surface area contributed by atoms with Crippen LogP contribution in [0.1, 0.15) is 21.5 Å². The number of hydrogen-bond donors (Lipinski definition) is 0. The molecule has 3 rings (SSSR count). The predicted molar refractivity (Wildman–Crippen MR) is 82.3 cm³/mol. The van der Waals surface area contributed by atoms with Crippen LogP contribution in [-0.2, 0) is 11.2 Å². The maximum Gasteiger partial charge on any atom is 0.337 e. The zero-order chi connectivity index (χ0) is 14.7. The number of rotatable bonds is 3. The van der Waals surface area contributed by atoms with Crippen molar-refractivity contribution in [3.8, 4) is 0 Å². The minimum absolute atomic E-state index is 0.309. The lowest BCUT2D eigenvalue weighted by molar-refractivity contribution is 0.0601. The SMILES string of the molecule is COC(=O)c1ccc2cc(Cc3cccnc3)ccc2c1. The molecule has 0 atom stereocenters. The quantitative estimate of drug-likeness (QED) is 0.686. The van der Waals surface area contributed by atoms with E-state index >= 15 is 0 Å². The van der Waals surface area contributed by atoms with Gasteiger partial charge in [-0.2, -0.15) is 0 Å². The smallest absolute Gasteiger partial charge is 0.337 e. The van der Waals surface area contributed by atoms with Crippen molar-refractivity contribution in [1.29, 1.82) is 0 Å². The summed E-state index contributed by atoms with van der Waals surface area (Å²) in [5.74, 6) is -0.309. The summed E-state index contributed by atoms with van der Waals surface area (Å²) in [6, 6.07) is 15.9. The van der Waals surface area contributed by atoms with Crippen LogP contribution in [0.5, 0.6) is 0 Å². The number of hydrogen-bond acceptors (Lipinski definition) is 3. The number of carbonyl (C=O) groups is 1. The molecular weight excluding hydrogens is 262 g/mol. The van der Waals surface area contributed by atoms with Crippen LogP contribution in [0.3, 0.4) is 0 Å². The lowest BCUT2D eigenvalue weighted by atomic mass is 10.0. The molecule has 0 amide bonds. The molecule has 0 N–H and O–H groups in total. The zero-order valence-corrected chi connectivity index (χ0v) is 11.7. The van der Waals surface area contributed by atoms with Crippen molar-refractivity contribution in [2.75, 3.05) is 7.11 Å². The number of methoxy groups -OCH3 is 1. The molecule has 0 fully saturated rings. The average molecular weight is 277 g/mol. The predicted octanol–water partition coefficient (Wildman–Crippen LogP) is 3.61.